The summed E-state index contributed by atoms with van der Waals surface area (Å²) in [6, 6.07) is 9.40. The minimum Gasteiger partial charge on any atom is -0.357 e. The second kappa shape index (κ2) is 9.58. The Bertz CT molecular complexity index is 704. The van der Waals surface area contributed by atoms with Crippen molar-refractivity contribution in [1.29, 1.82) is 0 Å². The van der Waals surface area contributed by atoms with Crippen LogP contribution in [0.2, 0.25) is 0 Å². The molecular weight excluding hydrogens is 358 g/mol. The van der Waals surface area contributed by atoms with E-state index in [4.69, 9.17) is 4.99 Å². The monoisotopic (exact) mass is 391 g/mol. The van der Waals surface area contributed by atoms with Gasteiger partial charge in [0.15, 0.2) is 15.8 Å². The zero-order valence-electron chi connectivity index (χ0n) is 16.4. The fourth-order valence-electron chi connectivity index (χ4n) is 4.37. The molecular formula is C21H33N3O2S. The van der Waals surface area contributed by atoms with Crippen molar-refractivity contribution in [2.45, 2.75) is 44.8 Å². The highest BCUT2D eigenvalue weighted by molar-refractivity contribution is 7.90. The Morgan fingerprint density at radius 1 is 1.15 bits per heavy atom. The van der Waals surface area contributed by atoms with E-state index in [0.717, 1.165) is 43.0 Å². The summed E-state index contributed by atoms with van der Waals surface area (Å²) in [6.45, 7) is 5.69. The number of aliphatic imine (C=N–C) groups is 1. The molecule has 1 aliphatic carbocycles. The van der Waals surface area contributed by atoms with Crippen LogP contribution in [0.15, 0.2) is 35.3 Å². The molecule has 1 saturated heterocycles. The third-order valence-electron chi connectivity index (χ3n) is 5.72. The van der Waals surface area contributed by atoms with E-state index in [1.54, 1.807) is 0 Å². The molecule has 0 aromatic heterocycles. The number of fused-ring (bicyclic) bond motifs is 1. The number of benzene rings is 1. The molecule has 0 amide bonds. The Labute approximate surface area is 164 Å². The Morgan fingerprint density at radius 3 is 2.44 bits per heavy atom. The van der Waals surface area contributed by atoms with Crippen LogP contribution in [0.4, 0.5) is 0 Å². The molecule has 2 unspecified atom stereocenters. The van der Waals surface area contributed by atoms with E-state index in [9.17, 15) is 8.42 Å². The van der Waals surface area contributed by atoms with Crippen molar-refractivity contribution in [3.05, 3.63) is 35.9 Å². The summed E-state index contributed by atoms with van der Waals surface area (Å²) >= 11 is 0. The molecule has 1 aromatic rings. The largest absolute Gasteiger partial charge is 0.357 e. The molecule has 5 nitrogen and oxygen atoms in total. The number of guanidine groups is 1. The fourth-order valence-corrected chi connectivity index (χ4v) is 5.79. The van der Waals surface area contributed by atoms with Crippen LogP contribution in [0.1, 0.15) is 44.6 Å². The summed E-state index contributed by atoms with van der Waals surface area (Å²) < 4.78 is 24.6. The Morgan fingerprint density at radius 2 is 1.81 bits per heavy atom. The van der Waals surface area contributed by atoms with Gasteiger partial charge in [-0.3, -0.25) is 4.99 Å². The van der Waals surface area contributed by atoms with Crippen LogP contribution in [0.5, 0.6) is 0 Å². The number of hydrogen-bond acceptors (Lipinski definition) is 3. The van der Waals surface area contributed by atoms with Gasteiger partial charge in [-0.15, -0.1) is 0 Å². The quantitative estimate of drug-likeness (QED) is 0.441. The number of likely N-dealkylation sites (tertiary alicyclic amines) is 1. The van der Waals surface area contributed by atoms with Gasteiger partial charge in [0, 0.05) is 26.2 Å². The van der Waals surface area contributed by atoms with Gasteiger partial charge >= 0.3 is 0 Å². The van der Waals surface area contributed by atoms with E-state index >= 15 is 0 Å². The molecule has 1 saturated carbocycles. The van der Waals surface area contributed by atoms with E-state index in [0.29, 0.717) is 13.0 Å². The second-order valence-electron chi connectivity index (χ2n) is 7.88. The van der Waals surface area contributed by atoms with Gasteiger partial charge in [-0.05, 0) is 43.6 Å². The van der Waals surface area contributed by atoms with Crippen molar-refractivity contribution in [2.24, 2.45) is 16.8 Å². The summed E-state index contributed by atoms with van der Waals surface area (Å²) in [7, 11) is -3.08. The molecule has 150 valence electrons. The third-order valence-corrected chi connectivity index (χ3v) is 7.40. The first-order valence-electron chi connectivity index (χ1n) is 10.3. The van der Waals surface area contributed by atoms with Crippen molar-refractivity contribution in [2.75, 3.05) is 31.9 Å². The average molecular weight is 392 g/mol. The summed E-state index contributed by atoms with van der Waals surface area (Å²) in [5, 5.41) is 3.40. The van der Waals surface area contributed by atoms with Crippen LogP contribution >= 0.6 is 0 Å². The molecule has 27 heavy (non-hydrogen) atoms. The van der Waals surface area contributed by atoms with Gasteiger partial charge < -0.3 is 10.2 Å². The minimum absolute atomic E-state index is 0.118. The van der Waals surface area contributed by atoms with Crippen LogP contribution in [0.3, 0.4) is 0 Å². The summed E-state index contributed by atoms with van der Waals surface area (Å²) in [5.74, 6) is 2.90. The SMILES string of the molecule is CCNC(=NCCCS(=O)(=O)Cc1ccccc1)N1CC2CCCCC2C1. The topological polar surface area (TPSA) is 61.8 Å². The fraction of sp³-hybridized carbons (Fsp3) is 0.667. The molecule has 1 aromatic carbocycles. The predicted molar refractivity (Wildman–Crippen MR) is 112 cm³/mol. The lowest BCUT2D eigenvalue weighted by Crippen LogP contribution is -2.40. The number of nitrogens with one attached hydrogen (secondary N) is 1. The van der Waals surface area contributed by atoms with Crippen molar-refractivity contribution in [3.8, 4) is 0 Å². The third kappa shape index (κ3) is 5.96. The van der Waals surface area contributed by atoms with E-state index in [-0.39, 0.29) is 11.5 Å². The summed E-state index contributed by atoms with van der Waals surface area (Å²) in [6.07, 6.45) is 5.99. The van der Waals surface area contributed by atoms with Crippen LogP contribution in [0.25, 0.3) is 0 Å². The molecule has 0 bridgehead atoms. The summed E-state index contributed by atoms with van der Waals surface area (Å²) in [5.41, 5.74) is 0.856. The van der Waals surface area contributed by atoms with Gasteiger partial charge in [0.2, 0.25) is 0 Å². The maximum atomic E-state index is 12.3. The molecule has 1 N–H and O–H groups in total. The van der Waals surface area contributed by atoms with E-state index < -0.39 is 9.84 Å². The van der Waals surface area contributed by atoms with Gasteiger partial charge in [-0.2, -0.15) is 0 Å². The maximum Gasteiger partial charge on any atom is 0.193 e. The number of rotatable bonds is 7. The van der Waals surface area contributed by atoms with Gasteiger partial charge in [0.1, 0.15) is 0 Å². The van der Waals surface area contributed by atoms with Crippen molar-refractivity contribution in [1.82, 2.24) is 10.2 Å². The Balaban J connectivity index is 1.50. The second-order valence-corrected chi connectivity index (χ2v) is 10.1. The molecule has 0 spiro atoms. The van der Waals surface area contributed by atoms with Gasteiger partial charge in [0.25, 0.3) is 0 Å². The van der Waals surface area contributed by atoms with Crippen LogP contribution in [0, 0.1) is 11.8 Å². The van der Waals surface area contributed by atoms with E-state index in [1.807, 2.05) is 30.3 Å². The lowest BCUT2D eigenvalue weighted by atomic mass is 9.82. The van der Waals surface area contributed by atoms with E-state index in [1.165, 1.54) is 25.7 Å². The van der Waals surface area contributed by atoms with Crippen molar-refractivity contribution in [3.63, 3.8) is 0 Å². The highest BCUT2D eigenvalue weighted by Crippen LogP contribution is 2.35. The molecule has 6 heteroatoms. The molecule has 0 radical (unpaired) electrons. The maximum absolute atomic E-state index is 12.3. The standard InChI is InChI=1S/C21H33N3O2S/c1-2-22-21(24-15-19-11-6-7-12-20(19)16-24)23-13-8-14-27(25,26)17-18-9-4-3-5-10-18/h3-5,9-10,19-20H,2,6-8,11-17H2,1H3,(H,22,23). The zero-order chi connectivity index (χ0) is 19.1. The molecule has 2 fully saturated rings. The molecule has 1 heterocycles. The first-order chi connectivity index (χ1) is 13.1. The van der Waals surface area contributed by atoms with Crippen molar-refractivity contribution >= 4 is 15.8 Å². The van der Waals surface area contributed by atoms with Crippen LogP contribution < -0.4 is 5.32 Å². The van der Waals surface area contributed by atoms with Gasteiger partial charge in [-0.1, -0.05) is 43.2 Å². The lowest BCUT2D eigenvalue weighted by Gasteiger charge is -2.22. The van der Waals surface area contributed by atoms with E-state index in [2.05, 4.69) is 17.1 Å². The number of sulfone groups is 1. The highest BCUT2D eigenvalue weighted by Gasteiger charge is 2.35. The first-order valence-corrected chi connectivity index (χ1v) is 12.2. The minimum atomic E-state index is -3.08. The van der Waals surface area contributed by atoms with Crippen LogP contribution in [-0.4, -0.2) is 51.2 Å². The Kier molecular flexibility index (Phi) is 7.16. The summed E-state index contributed by atoms with van der Waals surface area (Å²) in [4.78, 5) is 7.12. The average Bonchev–Trinajstić information content (AvgIpc) is 3.08. The van der Waals surface area contributed by atoms with Crippen LogP contribution in [-0.2, 0) is 15.6 Å². The van der Waals surface area contributed by atoms with Gasteiger partial charge in [0.05, 0.1) is 11.5 Å². The smallest absolute Gasteiger partial charge is 0.193 e. The molecule has 2 atom stereocenters. The van der Waals surface area contributed by atoms with Gasteiger partial charge in [-0.25, -0.2) is 8.42 Å². The first kappa shape index (κ1) is 20.2. The number of nitrogens with zero attached hydrogens (tertiary/aromatic N) is 2. The molecule has 1 aliphatic heterocycles. The molecule has 3 rings (SSSR count). The zero-order valence-corrected chi connectivity index (χ0v) is 17.3. The Hall–Kier alpha value is -1.56. The molecule has 2 aliphatic rings. The normalized spacial score (nSPS) is 23.3. The highest BCUT2D eigenvalue weighted by atomic mass is 32.2. The lowest BCUT2D eigenvalue weighted by molar-refractivity contribution is 0.299. The predicted octanol–water partition coefficient (Wildman–Crippen LogP) is 3.08. The number of hydrogen-bond donors (Lipinski definition) is 1. The van der Waals surface area contributed by atoms with Crippen molar-refractivity contribution < 1.29 is 8.42 Å².